The van der Waals surface area contributed by atoms with Crippen LogP contribution in [-0.4, -0.2) is 15.2 Å². The molecule has 4 nitrogen and oxygen atoms in total. The number of rotatable bonds is 4. The summed E-state index contributed by atoms with van der Waals surface area (Å²) in [5.74, 6) is 0.895. The molecule has 1 N–H and O–H groups in total. The minimum atomic E-state index is -0.649. The Labute approximate surface area is 117 Å². The lowest BCUT2D eigenvalue weighted by molar-refractivity contribution is 0.159. The second kappa shape index (κ2) is 5.43. The third kappa shape index (κ3) is 2.56. The fourth-order valence-electron chi connectivity index (χ4n) is 2.18. The zero-order valence-corrected chi connectivity index (χ0v) is 11.3. The van der Waals surface area contributed by atoms with E-state index in [1.54, 1.807) is 0 Å². The van der Waals surface area contributed by atoms with Gasteiger partial charge in [0.25, 0.3) is 0 Å². The minimum absolute atomic E-state index is 0.364. The molecule has 0 aliphatic heterocycles. The second-order valence-corrected chi connectivity index (χ2v) is 4.83. The Bertz CT molecular complexity index is 721. The maximum absolute atomic E-state index is 9.67. The smallest absolute Gasteiger partial charge is 0.231 e. The Hall–Kier alpha value is -2.20. The van der Waals surface area contributed by atoms with Crippen molar-refractivity contribution in [2.24, 2.45) is 0 Å². The first-order valence-corrected chi connectivity index (χ1v) is 6.74. The summed E-state index contributed by atoms with van der Waals surface area (Å²) < 4.78 is 5.18. The summed E-state index contributed by atoms with van der Waals surface area (Å²) in [6, 6.07) is 14.5. The maximum atomic E-state index is 9.67. The van der Waals surface area contributed by atoms with Crippen LogP contribution in [-0.2, 0) is 6.42 Å². The number of hydrogen-bond acceptors (Lipinski definition) is 4. The molecule has 0 bridgehead atoms. The Morgan fingerprint density at radius 2 is 1.95 bits per heavy atom. The molecule has 0 radical (unpaired) electrons. The lowest BCUT2D eigenvalue weighted by Crippen LogP contribution is -1.98. The van der Waals surface area contributed by atoms with Crippen LogP contribution in [0, 0.1) is 0 Å². The highest BCUT2D eigenvalue weighted by Crippen LogP contribution is 2.18. The molecule has 3 aromatic rings. The number of aliphatic hydroxyl groups is 1. The third-order valence-electron chi connectivity index (χ3n) is 3.34. The van der Waals surface area contributed by atoms with Crippen molar-refractivity contribution in [3.8, 4) is 0 Å². The summed E-state index contributed by atoms with van der Waals surface area (Å²) in [5, 5.41) is 15.9. The third-order valence-corrected chi connectivity index (χ3v) is 3.34. The molecular formula is C16H16N2O2. The van der Waals surface area contributed by atoms with Gasteiger partial charge in [-0.3, -0.25) is 0 Å². The summed E-state index contributed by atoms with van der Waals surface area (Å²) in [7, 11) is 0. The summed E-state index contributed by atoms with van der Waals surface area (Å²) >= 11 is 0. The molecular weight excluding hydrogens is 252 g/mol. The first-order valence-electron chi connectivity index (χ1n) is 6.74. The molecule has 20 heavy (non-hydrogen) atoms. The molecule has 0 spiro atoms. The van der Waals surface area contributed by atoms with Gasteiger partial charge in [0.1, 0.15) is 6.10 Å². The molecule has 0 fully saturated rings. The first kappa shape index (κ1) is 12.8. The molecule has 0 aliphatic carbocycles. The van der Waals surface area contributed by atoms with Gasteiger partial charge in [-0.05, 0) is 22.8 Å². The largest absolute Gasteiger partial charge is 0.385 e. The Kier molecular flexibility index (Phi) is 3.48. The molecule has 1 unspecified atom stereocenters. The van der Waals surface area contributed by atoms with Crippen LogP contribution in [0.4, 0.5) is 0 Å². The predicted molar refractivity (Wildman–Crippen MR) is 76.3 cm³/mol. The average Bonchev–Trinajstić information content (AvgIpc) is 2.95. The van der Waals surface area contributed by atoms with E-state index in [-0.39, 0.29) is 0 Å². The van der Waals surface area contributed by atoms with Crippen molar-refractivity contribution in [2.45, 2.75) is 25.9 Å². The molecule has 0 saturated carbocycles. The van der Waals surface area contributed by atoms with Gasteiger partial charge in [0.05, 0.1) is 6.42 Å². The van der Waals surface area contributed by atoms with E-state index in [4.69, 9.17) is 4.52 Å². The van der Waals surface area contributed by atoms with E-state index < -0.39 is 6.10 Å². The van der Waals surface area contributed by atoms with Gasteiger partial charge in [-0.25, -0.2) is 0 Å². The summed E-state index contributed by atoms with van der Waals surface area (Å²) in [4.78, 5) is 4.23. The lowest BCUT2D eigenvalue weighted by atomic mass is 10.1. The van der Waals surface area contributed by atoms with Crippen molar-refractivity contribution < 1.29 is 9.63 Å². The highest BCUT2D eigenvalue weighted by molar-refractivity contribution is 5.83. The van der Waals surface area contributed by atoms with E-state index in [0.29, 0.717) is 24.6 Å². The molecule has 3 rings (SSSR count). The predicted octanol–water partition coefficient (Wildman–Crippen LogP) is 3.26. The van der Waals surface area contributed by atoms with Crippen LogP contribution >= 0.6 is 0 Å². The zero-order valence-electron chi connectivity index (χ0n) is 11.3. The van der Waals surface area contributed by atoms with Gasteiger partial charge in [-0.2, -0.15) is 4.98 Å². The number of fused-ring (bicyclic) bond motifs is 1. The second-order valence-electron chi connectivity index (χ2n) is 4.83. The summed E-state index contributed by atoms with van der Waals surface area (Å²) in [5.41, 5.74) is 1.12. The van der Waals surface area contributed by atoms with Crippen LogP contribution in [0.2, 0.25) is 0 Å². The summed E-state index contributed by atoms with van der Waals surface area (Å²) in [6.07, 6.45) is 0.507. The van der Waals surface area contributed by atoms with E-state index in [1.807, 2.05) is 19.1 Å². The fraction of sp³-hybridized carbons (Fsp3) is 0.250. The van der Waals surface area contributed by atoms with E-state index >= 15 is 0 Å². The van der Waals surface area contributed by atoms with E-state index in [1.165, 1.54) is 10.8 Å². The van der Waals surface area contributed by atoms with Crippen LogP contribution in [0.3, 0.4) is 0 Å². The van der Waals surface area contributed by atoms with E-state index in [0.717, 1.165) is 5.56 Å². The van der Waals surface area contributed by atoms with Crippen molar-refractivity contribution in [2.75, 3.05) is 0 Å². The van der Waals surface area contributed by atoms with Gasteiger partial charge in [0.2, 0.25) is 5.89 Å². The van der Waals surface area contributed by atoms with Gasteiger partial charge in [-0.1, -0.05) is 54.5 Å². The monoisotopic (exact) mass is 268 g/mol. The zero-order chi connectivity index (χ0) is 13.9. The van der Waals surface area contributed by atoms with Crippen molar-refractivity contribution in [1.29, 1.82) is 0 Å². The first-order chi connectivity index (χ1) is 9.76. The van der Waals surface area contributed by atoms with Gasteiger partial charge < -0.3 is 9.63 Å². The normalized spacial score (nSPS) is 12.7. The summed E-state index contributed by atoms with van der Waals surface area (Å²) in [6.45, 7) is 1.88. The van der Waals surface area contributed by atoms with Crippen LogP contribution in [0.5, 0.6) is 0 Å². The molecule has 1 heterocycles. The molecule has 0 amide bonds. The van der Waals surface area contributed by atoms with Crippen LogP contribution in [0.25, 0.3) is 10.8 Å². The van der Waals surface area contributed by atoms with Gasteiger partial charge in [0, 0.05) is 0 Å². The van der Waals surface area contributed by atoms with Crippen molar-refractivity contribution >= 4 is 10.8 Å². The maximum Gasteiger partial charge on any atom is 0.231 e. The average molecular weight is 268 g/mol. The molecule has 0 aliphatic rings. The number of hydrogen-bond donors (Lipinski definition) is 1. The Balaban J connectivity index is 1.83. The Morgan fingerprint density at radius 1 is 1.15 bits per heavy atom. The minimum Gasteiger partial charge on any atom is -0.385 e. The molecule has 1 atom stereocenters. The molecule has 102 valence electrons. The van der Waals surface area contributed by atoms with Crippen LogP contribution in [0.1, 0.15) is 36.7 Å². The van der Waals surface area contributed by atoms with Crippen molar-refractivity contribution in [3.05, 3.63) is 59.7 Å². The van der Waals surface area contributed by atoms with Crippen molar-refractivity contribution in [1.82, 2.24) is 10.1 Å². The van der Waals surface area contributed by atoms with Gasteiger partial charge >= 0.3 is 0 Å². The Morgan fingerprint density at radius 3 is 2.75 bits per heavy atom. The topological polar surface area (TPSA) is 59.2 Å². The molecule has 1 aromatic heterocycles. The molecule has 2 aromatic carbocycles. The standard InChI is InChI=1S/C16H16N2O2/c1-2-14(19)16-17-15(20-18-16)10-11-7-8-12-5-3-4-6-13(12)9-11/h3-9,14,19H,2,10H2,1H3. The quantitative estimate of drug-likeness (QED) is 0.789. The van der Waals surface area contributed by atoms with Gasteiger partial charge in [-0.15, -0.1) is 0 Å². The highest BCUT2D eigenvalue weighted by Gasteiger charge is 2.13. The number of aliphatic hydroxyl groups excluding tert-OH is 1. The molecule has 0 saturated heterocycles. The molecule has 4 heteroatoms. The number of nitrogens with zero attached hydrogens (tertiary/aromatic N) is 2. The van der Waals surface area contributed by atoms with E-state index in [2.05, 4.69) is 40.5 Å². The number of aromatic nitrogens is 2. The number of benzene rings is 2. The van der Waals surface area contributed by atoms with Crippen molar-refractivity contribution in [3.63, 3.8) is 0 Å². The SMILES string of the molecule is CCC(O)c1noc(Cc2ccc3ccccc3c2)n1. The highest BCUT2D eigenvalue weighted by atomic mass is 16.5. The fourth-order valence-corrected chi connectivity index (χ4v) is 2.18. The van der Waals surface area contributed by atoms with E-state index in [9.17, 15) is 5.11 Å². The van der Waals surface area contributed by atoms with Gasteiger partial charge in [0.15, 0.2) is 5.82 Å². The van der Waals surface area contributed by atoms with Crippen LogP contribution in [0.15, 0.2) is 47.0 Å². The lowest BCUT2D eigenvalue weighted by Gasteiger charge is -2.01. The van der Waals surface area contributed by atoms with Crippen LogP contribution < -0.4 is 0 Å².